The van der Waals surface area contributed by atoms with E-state index < -0.39 is 30.6 Å². The Morgan fingerprint density at radius 3 is 2.52 bits per heavy atom. The maximum absolute atomic E-state index is 11.4. The Labute approximate surface area is 125 Å². The SMILES string of the molecule is CCCCCC/C=C/C(CC(=O)OCC(O)CO)C(=O)O. The summed E-state index contributed by atoms with van der Waals surface area (Å²) in [6, 6.07) is 0. The Bertz CT molecular complexity index is 326. The van der Waals surface area contributed by atoms with Crippen LogP contribution >= 0.6 is 0 Å². The predicted molar refractivity (Wildman–Crippen MR) is 77.7 cm³/mol. The van der Waals surface area contributed by atoms with E-state index in [0.29, 0.717) is 0 Å². The Morgan fingerprint density at radius 1 is 1.24 bits per heavy atom. The van der Waals surface area contributed by atoms with E-state index in [9.17, 15) is 9.59 Å². The molecule has 0 aromatic rings. The van der Waals surface area contributed by atoms with Crippen molar-refractivity contribution in [2.45, 2.75) is 51.6 Å². The Hall–Kier alpha value is -1.40. The van der Waals surface area contributed by atoms with Crippen LogP contribution in [-0.2, 0) is 14.3 Å². The molecular weight excluding hydrogens is 276 g/mol. The number of allylic oxidation sites excluding steroid dienone is 1. The summed E-state index contributed by atoms with van der Waals surface area (Å²) < 4.78 is 4.69. The molecule has 0 heterocycles. The van der Waals surface area contributed by atoms with Crippen molar-refractivity contribution in [1.82, 2.24) is 0 Å². The zero-order valence-electron chi connectivity index (χ0n) is 12.5. The molecule has 0 aliphatic rings. The van der Waals surface area contributed by atoms with Crippen LogP contribution < -0.4 is 0 Å². The van der Waals surface area contributed by atoms with Crippen LogP contribution in [0, 0.1) is 5.92 Å². The molecule has 2 unspecified atom stereocenters. The highest BCUT2D eigenvalue weighted by molar-refractivity contribution is 5.80. The predicted octanol–water partition coefficient (Wildman–Crippen LogP) is 1.50. The quantitative estimate of drug-likeness (QED) is 0.287. The first-order valence-corrected chi connectivity index (χ1v) is 7.35. The second-order valence-electron chi connectivity index (χ2n) is 4.95. The highest BCUT2D eigenvalue weighted by Crippen LogP contribution is 2.10. The number of rotatable bonds is 12. The van der Waals surface area contributed by atoms with E-state index in [1.807, 2.05) is 0 Å². The van der Waals surface area contributed by atoms with Crippen molar-refractivity contribution in [3.63, 3.8) is 0 Å². The van der Waals surface area contributed by atoms with Gasteiger partial charge >= 0.3 is 11.9 Å². The van der Waals surface area contributed by atoms with E-state index in [2.05, 4.69) is 11.7 Å². The van der Waals surface area contributed by atoms with E-state index in [-0.39, 0.29) is 13.0 Å². The fourth-order valence-electron chi connectivity index (χ4n) is 1.67. The molecule has 0 bridgehead atoms. The van der Waals surface area contributed by atoms with E-state index in [1.165, 1.54) is 6.08 Å². The maximum Gasteiger partial charge on any atom is 0.310 e. The standard InChI is InChI=1S/C15H26O6/c1-2-3-4-5-6-7-8-12(15(19)20)9-14(18)21-11-13(17)10-16/h7-8,12-13,16-17H,2-6,9-11H2,1H3,(H,19,20)/b8-7+. The Kier molecular flexibility index (Phi) is 11.5. The third-order valence-corrected chi connectivity index (χ3v) is 2.94. The van der Waals surface area contributed by atoms with Crippen LogP contribution in [0.3, 0.4) is 0 Å². The van der Waals surface area contributed by atoms with Crippen LogP contribution in [0.1, 0.15) is 45.4 Å². The zero-order valence-corrected chi connectivity index (χ0v) is 12.5. The van der Waals surface area contributed by atoms with Gasteiger partial charge < -0.3 is 20.1 Å². The van der Waals surface area contributed by atoms with Crippen LogP contribution in [0.2, 0.25) is 0 Å². The Morgan fingerprint density at radius 2 is 1.95 bits per heavy atom. The van der Waals surface area contributed by atoms with Crippen molar-refractivity contribution in [2.24, 2.45) is 5.92 Å². The van der Waals surface area contributed by atoms with E-state index in [1.54, 1.807) is 6.08 Å². The molecule has 0 aromatic carbocycles. The second-order valence-corrected chi connectivity index (χ2v) is 4.95. The van der Waals surface area contributed by atoms with Gasteiger partial charge in [-0.3, -0.25) is 9.59 Å². The molecule has 0 saturated carbocycles. The zero-order chi connectivity index (χ0) is 16.1. The molecule has 0 radical (unpaired) electrons. The molecule has 0 amide bonds. The second kappa shape index (κ2) is 12.3. The van der Waals surface area contributed by atoms with Crippen molar-refractivity contribution in [3.8, 4) is 0 Å². The number of carbonyl (C=O) groups is 2. The first-order chi connectivity index (χ1) is 10.0. The number of hydrogen-bond acceptors (Lipinski definition) is 5. The molecule has 6 nitrogen and oxygen atoms in total. The maximum atomic E-state index is 11.4. The van der Waals surface area contributed by atoms with Crippen molar-refractivity contribution in [1.29, 1.82) is 0 Å². The van der Waals surface area contributed by atoms with Gasteiger partial charge in [-0.25, -0.2) is 0 Å². The van der Waals surface area contributed by atoms with Crippen LogP contribution in [0.15, 0.2) is 12.2 Å². The molecule has 2 atom stereocenters. The summed E-state index contributed by atoms with van der Waals surface area (Å²) in [6.45, 7) is 1.28. The van der Waals surface area contributed by atoms with Gasteiger partial charge in [-0.1, -0.05) is 38.3 Å². The number of unbranched alkanes of at least 4 members (excludes halogenated alkanes) is 4. The fourth-order valence-corrected chi connectivity index (χ4v) is 1.67. The molecule has 0 aliphatic heterocycles. The van der Waals surface area contributed by atoms with Gasteiger partial charge in [-0.2, -0.15) is 0 Å². The summed E-state index contributed by atoms with van der Waals surface area (Å²) in [4.78, 5) is 22.5. The minimum atomic E-state index is -1.13. The van der Waals surface area contributed by atoms with Gasteiger partial charge in [0.05, 0.1) is 18.9 Å². The number of hydrogen-bond donors (Lipinski definition) is 3. The van der Waals surface area contributed by atoms with Crippen LogP contribution in [-0.4, -0.2) is 46.6 Å². The van der Waals surface area contributed by atoms with Gasteiger partial charge in [-0.05, 0) is 12.8 Å². The molecule has 122 valence electrons. The molecule has 0 saturated heterocycles. The van der Waals surface area contributed by atoms with Crippen molar-refractivity contribution >= 4 is 11.9 Å². The fraction of sp³-hybridized carbons (Fsp3) is 0.733. The van der Waals surface area contributed by atoms with Gasteiger partial charge in [0.2, 0.25) is 0 Å². The third kappa shape index (κ3) is 11.0. The minimum absolute atomic E-state index is 0.279. The third-order valence-electron chi connectivity index (χ3n) is 2.94. The number of carbonyl (C=O) groups excluding carboxylic acids is 1. The summed E-state index contributed by atoms with van der Waals surface area (Å²) in [5, 5.41) is 26.7. The largest absolute Gasteiger partial charge is 0.481 e. The molecule has 0 fully saturated rings. The average molecular weight is 302 g/mol. The highest BCUT2D eigenvalue weighted by Gasteiger charge is 2.19. The minimum Gasteiger partial charge on any atom is -0.481 e. The molecule has 0 rings (SSSR count). The first kappa shape index (κ1) is 19.6. The molecule has 3 N–H and O–H groups in total. The molecule has 0 aliphatic carbocycles. The lowest BCUT2D eigenvalue weighted by Crippen LogP contribution is -2.24. The topological polar surface area (TPSA) is 104 Å². The lowest BCUT2D eigenvalue weighted by molar-refractivity contribution is -0.152. The van der Waals surface area contributed by atoms with Gasteiger partial charge in [0.25, 0.3) is 0 Å². The van der Waals surface area contributed by atoms with E-state index in [4.69, 9.17) is 15.3 Å². The lowest BCUT2D eigenvalue weighted by Gasteiger charge is -2.10. The Balaban J connectivity index is 4.09. The molecular formula is C15H26O6. The lowest BCUT2D eigenvalue weighted by atomic mass is 10.0. The van der Waals surface area contributed by atoms with Crippen LogP contribution in [0.25, 0.3) is 0 Å². The normalized spacial score (nSPS) is 14.0. The van der Waals surface area contributed by atoms with Crippen molar-refractivity contribution in [3.05, 3.63) is 12.2 Å². The van der Waals surface area contributed by atoms with Gasteiger partial charge in [0.15, 0.2) is 0 Å². The summed E-state index contributed by atoms with van der Waals surface area (Å²) in [7, 11) is 0. The first-order valence-electron chi connectivity index (χ1n) is 7.35. The number of esters is 1. The van der Waals surface area contributed by atoms with Gasteiger partial charge in [-0.15, -0.1) is 0 Å². The van der Waals surface area contributed by atoms with Crippen molar-refractivity contribution < 1.29 is 29.6 Å². The number of ether oxygens (including phenoxy) is 1. The van der Waals surface area contributed by atoms with Crippen LogP contribution in [0.4, 0.5) is 0 Å². The monoisotopic (exact) mass is 302 g/mol. The number of aliphatic carboxylic acids is 1. The van der Waals surface area contributed by atoms with Crippen molar-refractivity contribution in [2.75, 3.05) is 13.2 Å². The highest BCUT2D eigenvalue weighted by atomic mass is 16.5. The summed E-state index contributed by atoms with van der Waals surface area (Å²) in [5.41, 5.74) is 0. The average Bonchev–Trinajstić information content (AvgIpc) is 2.46. The number of aliphatic hydroxyl groups is 2. The summed E-state index contributed by atoms with van der Waals surface area (Å²) >= 11 is 0. The summed E-state index contributed by atoms with van der Waals surface area (Å²) in [6.07, 6.45) is 7.10. The van der Waals surface area contributed by atoms with Gasteiger partial charge in [0.1, 0.15) is 12.7 Å². The van der Waals surface area contributed by atoms with Gasteiger partial charge in [0, 0.05) is 0 Å². The molecule has 6 heteroatoms. The summed E-state index contributed by atoms with van der Waals surface area (Å²) in [5.74, 6) is -2.71. The molecule has 0 spiro atoms. The molecule has 0 aromatic heterocycles. The van der Waals surface area contributed by atoms with E-state index in [0.717, 1.165) is 32.1 Å². The number of carboxylic acid groups (broad SMARTS) is 1. The molecule has 21 heavy (non-hydrogen) atoms. The van der Waals surface area contributed by atoms with E-state index >= 15 is 0 Å². The number of carboxylic acids is 1. The number of aliphatic hydroxyl groups excluding tert-OH is 2. The van der Waals surface area contributed by atoms with Crippen LogP contribution in [0.5, 0.6) is 0 Å². The smallest absolute Gasteiger partial charge is 0.310 e.